The predicted molar refractivity (Wildman–Crippen MR) is 164 cm³/mol. The van der Waals surface area contributed by atoms with E-state index in [1.54, 1.807) is 0 Å². The van der Waals surface area contributed by atoms with Crippen LogP contribution in [0.15, 0.2) is 132 Å². The Morgan fingerprint density at radius 2 is 1.32 bits per heavy atom. The van der Waals surface area contributed by atoms with Gasteiger partial charge in [0.25, 0.3) is 0 Å². The molecule has 6 aromatic carbocycles. The maximum atomic E-state index is 8.81. The number of benzene rings is 6. The molecule has 0 radical (unpaired) electrons. The first-order chi connectivity index (χ1) is 21.9. The van der Waals surface area contributed by atoms with Gasteiger partial charge in [-0.3, -0.25) is 4.57 Å². The SMILES string of the molecule is [2H]c1c([2H])c([2H])c(-c2nc(-n3c4ccc5ccccc5c4c4ccc5ccccc5c43)nc3c2oc2ccccc23)c([2H])c1[2H]. The molecule has 0 aliphatic carbocycles. The van der Waals surface area contributed by atoms with Gasteiger partial charge in [-0.05, 0) is 34.4 Å². The van der Waals surface area contributed by atoms with E-state index in [1.165, 1.54) is 0 Å². The van der Waals surface area contributed by atoms with Gasteiger partial charge in [0.2, 0.25) is 5.95 Å². The summed E-state index contributed by atoms with van der Waals surface area (Å²) in [5, 5.41) is 7.09. The molecule has 0 amide bonds. The van der Waals surface area contributed by atoms with Crippen LogP contribution >= 0.6 is 0 Å². The van der Waals surface area contributed by atoms with Gasteiger partial charge in [0.15, 0.2) is 5.58 Å². The van der Waals surface area contributed by atoms with Crippen LogP contribution in [0, 0.1) is 0 Å². The molecule has 40 heavy (non-hydrogen) atoms. The van der Waals surface area contributed by atoms with Gasteiger partial charge in [0.05, 0.1) is 17.9 Å². The van der Waals surface area contributed by atoms with Crippen LogP contribution in [0.2, 0.25) is 0 Å². The van der Waals surface area contributed by atoms with E-state index < -0.39 is 18.1 Å². The number of rotatable bonds is 2. The maximum absolute atomic E-state index is 8.81. The van der Waals surface area contributed by atoms with Crippen LogP contribution in [-0.4, -0.2) is 14.5 Å². The lowest BCUT2D eigenvalue weighted by atomic mass is 10.0. The molecule has 4 heteroatoms. The first-order valence-corrected chi connectivity index (χ1v) is 13.0. The molecule has 0 fully saturated rings. The average Bonchev–Trinajstić information content (AvgIpc) is 3.63. The first kappa shape index (κ1) is 17.2. The third kappa shape index (κ3) is 2.90. The Hall–Kier alpha value is -5.48. The number of para-hydroxylation sites is 1. The fourth-order valence-electron chi connectivity index (χ4n) is 5.97. The Kier molecular flexibility index (Phi) is 3.44. The molecule has 0 saturated heterocycles. The standard InChI is InChI=1S/C36H21N3O/c1-2-12-24(13-3-1)32-35-33(27-16-8-9-17-30(27)40-35)38-36(37-32)39-29-21-19-22-10-4-6-14-25(22)31(29)28-20-18-23-11-5-7-15-26(23)34(28)39/h1-21H/i1D,2D,3D,12D,13D. The summed E-state index contributed by atoms with van der Waals surface area (Å²) in [5.41, 5.74) is 3.22. The van der Waals surface area contributed by atoms with Gasteiger partial charge in [-0.15, -0.1) is 0 Å². The highest BCUT2D eigenvalue weighted by atomic mass is 16.3. The third-order valence-electron chi connectivity index (χ3n) is 7.69. The molecule has 3 aromatic heterocycles. The highest BCUT2D eigenvalue weighted by Crippen LogP contribution is 2.41. The topological polar surface area (TPSA) is 43.9 Å². The molecule has 0 saturated carbocycles. The molecule has 9 rings (SSSR count). The highest BCUT2D eigenvalue weighted by molar-refractivity contribution is 6.25. The van der Waals surface area contributed by atoms with Crippen LogP contribution in [0.4, 0.5) is 0 Å². The lowest BCUT2D eigenvalue weighted by Crippen LogP contribution is -2.03. The fraction of sp³-hybridized carbons (Fsp3) is 0. The average molecular weight is 517 g/mol. The Bertz CT molecular complexity index is 2700. The zero-order valence-corrected chi connectivity index (χ0v) is 21.0. The molecule has 0 unspecified atom stereocenters. The molecule has 0 aliphatic heterocycles. The van der Waals surface area contributed by atoms with Gasteiger partial charge in [-0.2, -0.15) is 0 Å². The highest BCUT2D eigenvalue weighted by Gasteiger charge is 2.22. The summed E-state index contributed by atoms with van der Waals surface area (Å²) < 4.78 is 50.9. The summed E-state index contributed by atoms with van der Waals surface area (Å²) in [4.78, 5) is 10.1. The summed E-state index contributed by atoms with van der Waals surface area (Å²) in [6.45, 7) is 0. The number of nitrogens with zero attached hydrogens (tertiary/aromatic N) is 3. The van der Waals surface area contributed by atoms with Crippen molar-refractivity contribution in [3.05, 3.63) is 127 Å². The van der Waals surface area contributed by atoms with Crippen LogP contribution in [0.25, 0.3) is 82.6 Å². The number of hydrogen-bond acceptors (Lipinski definition) is 3. The summed E-state index contributed by atoms with van der Waals surface area (Å²) in [5.74, 6) is 0.308. The molecule has 3 heterocycles. The minimum atomic E-state index is -0.468. The molecule has 0 bridgehead atoms. The number of hydrogen-bond donors (Lipinski definition) is 0. The van der Waals surface area contributed by atoms with E-state index in [-0.39, 0.29) is 28.9 Å². The van der Waals surface area contributed by atoms with Crippen LogP contribution in [-0.2, 0) is 0 Å². The van der Waals surface area contributed by atoms with E-state index in [0.29, 0.717) is 17.0 Å². The normalized spacial score (nSPS) is 13.8. The Morgan fingerprint density at radius 1 is 0.625 bits per heavy atom. The largest absolute Gasteiger partial charge is 0.452 e. The summed E-state index contributed by atoms with van der Waals surface area (Å²) in [6, 6.07) is 30.2. The quantitative estimate of drug-likeness (QED) is 0.230. The van der Waals surface area contributed by atoms with E-state index in [2.05, 4.69) is 48.5 Å². The molecule has 9 aromatic rings. The van der Waals surface area contributed by atoms with Gasteiger partial charge >= 0.3 is 0 Å². The minimum absolute atomic E-state index is 0.0372. The van der Waals surface area contributed by atoms with E-state index in [0.717, 1.165) is 48.7 Å². The number of fused-ring (bicyclic) bond motifs is 10. The van der Waals surface area contributed by atoms with Crippen molar-refractivity contribution >= 4 is 65.4 Å². The molecular formula is C36H21N3O. The lowest BCUT2D eigenvalue weighted by Gasteiger charge is -2.11. The smallest absolute Gasteiger partial charge is 0.236 e. The molecule has 4 nitrogen and oxygen atoms in total. The zero-order chi connectivity index (χ0) is 30.6. The second-order valence-corrected chi connectivity index (χ2v) is 9.85. The van der Waals surface area contributed by atoms with E-state index in [9.17, 15) is 0 Å². The van der Waals surface area contributed by atoms with Crippen molar-refractivity contribution in [2.24, 2.45) is 0 Å². The van der Waals surface area contributed by atoms with Gasteiger partial charge < -0.3 is 4.42 Å². The molecule has 186 valence electrons. The third-order valence-corrected chi connectivity index (χ3v) is 7.69. The minimum Gasteiger partial charge on any atom is -0.452 e. The molecule has 0 aliphatic rings. The number of aromatic nitrogens is 3. The van der Waals surface area contributed by atoms with E-state index >= 15 is 0 Å². The van der Waals surface area contributed by atoms with Gasteiger partial charge in [-0.1, -0.05) is 109 Å². The van der Waals surface area contributed by atoms with Crippen LogP contribution in [0.5, 0.6) is 0 Å². The van der Waals surface area contributed by atoms with Gasteiger partial charge in [0, 0.05) is 27.1 Å². The monoisotopic (exact) mass is 516 g/mol. The molecule has 0 atom stereocenters. The lowest BCUT2D eigenvalue weighted by molar-refractivity contribution is 0.666. The molecule has 0 N–H and O–H groups in total. The summed E-state index contributed by atoms with van der Waals surface area (Å²) in [7, 11) is 0. The number of furan rings is 1. The second kappa shape index (κ2) is 8.01. The second-order valence-electron chi connectivity index (χ2n) is 9.85. The molecular weight excluding hydrogens is 490 g/mol. The first-order valence-electron chi connectivity index (χ1n) is 15.5. The van der Waals surface area contributed by atoms with Crippen LogP contribution in [0.3, 0.4) is 0 Å². The van der Waals surface area contributed by atoms with E-state index in [4.69, 9.17) is 21.2 Å². The van der Waals surface area contributed by atoms with Crippen molar-refractivity contribution in [3.8, 4) is 17.2 Å². The predicted octanol–water partition coefficient (Wildman–Crippen LogP) is 9.45. The van der Waals surface area contributed by atoms with Crippen molar-refractivity contribution in [2.75, 3.05) is 0 Å². The Balaban J connectivity index is 1.52. The maximum Gasteiger partial charge on any atom is 0.236 e. The van der Waals surface area contributed by atoms with Crippen molar-refractivity contribution < 1.29 is 11.3 Å². The Morgan fingerprint density at radius 3 is 2.17 bits per heavy atom. The van der Waals surface area contributed by atoms with Crippen molar-refractivity contribution in [3.63, 3.8) is 0 Å². The van der Waals surface area contributed by atoms with E-state index in [1.807, 2.05) is 53.1 Å². The molecule has 0 spiro atoms. The Labute approximate surface area is 235 Å². The van der Waals surface area contributed by atoms with Gasteiger partial charge in [0.1, 0.15) is 16.8 Å². The summed E-state index contributed by atoms with van der Waals surface area (Å²) >= 11 is 0. The van der Waals surface area contributed by atoms with Gasteiger partial charge in [-0.25, -0.2) is 9.97 Å². The van der Waals surface area contributed by atoms with Crippen molar-refractivity contribution in [2.45, 2.75) is 0 Å². The summed E-state index contributed by atoms with van der Waals surface area (Å²) in [6.07, 6.45) is 0. The van der Waals surface area contributed by atoms with Crippen LogP contribution in [0.1, 0.15) is 6.85 Å². The van der Waals surface area contributed by atoms with Crippen molar-refractivity contribution in [1.29, 1.82) is 0 Å². The fourth-order valence-corrected chi connectivity index (χ4v) is 5.97. The van der Waals surface area contributed by atoms with Crippen LogP contribution < -0.4 is 0 Å². The van der Waals surface area contributed by atoms with Crippen molar-refractivity contribution in [1.82, 2.24) is 14.5 Å². The zero-order valence-electron chi connectivity index (χ0n) is 26.0.